The van der Waals surface area contributed by atoms with E-state index in [4.69, 9.17) is 0 Å². The van der Waals surface area contributed by atoms with E-state index in [1.54, 1.807) is 4.90 Å². The van der Waals surface area contributed by atoms with Gasteiger partial charge in [-0.2, -0.15) is 13.2 Å². The molecule has 2 nitrogen and oxygen atoms in total. The fourth-order valence-corrected chi connectivity index (χ4v) is 2.16. The van der Waals surface area contributed by atoms with Gasteiger partial charge in [-0.25, -0.2) is 4.39 Å². The van der Waals surface area contributed by atoms with Gasteiger partial charge in [-0.1, -0.05) is 6.07 Å². The number of alkyl halides is 3. The van der Waals surface area contributed by atoms with Crippen LogP contribution in [0.15, 0.2) is 18.2 Å². The van der Waals surface area contributed by atoms with Gasteiger partial charge in [0.05, 0.1) is 11.3 Å². The zero-order chi connectivity index (χ0) is 13.3. The number of nitrogens with one attached hydrogen (secondary N) is 1. The lowest BCUT2D eigenvalue weighted by Gasteiger charge is -2.36. The first kappa shape index (κ1) is 16.0. The molecule has 1 aromatic carbocycles. The molecule has 1 aliphatic rings. The predicted octanol–water partition coefficient (Wildman–Crippen LogP) is 3.06. The molecule has 2 rings (SSSR count). The highest BCUT2D eigenvalue weighted by atomic mass is 35.5. The third-order valence-electron chi connectivity index (χ3n) is 3.09. The third kappa shape index (κ3) is 3.30. The summed E-state index contributed by atoms with van der Waals surface area (Å²) in [6.07, 6.45) is -4.66. The van der Waals surface area contributed by atoms with Gasteiger partial charge in [-0.3, -0.25) is 0 Å². The Balaban J connectivity index is 0.00000180. The molecule has 0 radical (unpaired) electrons. The molecule has 1 N–H and O–H groups in total. The lowest BCUT2D eigenvalue weighted by molar-refractivity contribution is -0.139. The molecular formula is C12H15ClF4N2. The lowest BCUT2D eigenvalue weighted by atomic mass is 10.1. The monoisotopic (exact) mass is 298 g/mol. The minimum Gasteiger partial charge on any atom is -0.364 e. The smallest absolute Gasteiger partial charge is 0.364 e. The SMILES string of the molecule is C[C@H]1CNCCN1c1cccc(C(F)(F)F)c1F.Cl. The van der Waals surface area contributed by atoms with Crippen LogP contribution in [0, 0.1) is 5.82 Å². The second-order valence-corrected chi connectivity index (χ2v) is 4.38. The standard InChI is InChI=1S/C12H14F4N2.ClH/c1-8-7-17-5-6-18(8)10-4-2-3-9(11(10)13)12(14,15)16;/h2-4,8,17H,5-7H2,1H3;1H/t8-;/m0./s1. The number of halogens is 5. The van der Waals surface area contributed by atoms with E-state index in [1.165, 1.54) is 12.1 Å². The Kier molecular flexibility index (Phi) is 5.04. The molecule has 7 heteroatoms. The molecule has 1 saturated heterocycles. The van der Waals surface area contributed by atoms with E-state index in [9.17, 15) is 17.6 Å². The molecule has 0 aliphatic carbocycles. The van der Waals surface area contributed by atoms with Crippen molar-refractivity contribution in [2.24, 2.45) is 0 Å². The van der Waals surface area contributed by atoms with Gasteiger partial charge < -0.3 is 10.2 Å². The van der Waals surface area contributed by atoms with Crippen molar-refractivity contribution < 1.29 is 17.6 Å². The minimum atomic E-state index is -4.66. The predicted molar refractivity (Wildman–Crippen MR) is 68.3 cm³/mol. The van der Waals surface area contributed by atoms with Crippen molar-refractivity contribution in [3.05, 3.63) is 29.6 Å². The van der Waals surface area contributed by atoms with Crippen LogP contribution in [0.25, 0.3) is 0 Å². The molecule has 1 aliphatic heterocycles. The average molecular weight is 299 g/mol. The zero-order valence-corrected chi connectivity index (χ0v) is 11.1. The van der Waals surface area contributed by atoms with E-state index in [2.05, 4.69) is 5.32 Å². The summed E-state index contributed by atoms with van der Waals surface area (Å²) >= 11 is 0. The number of piperazine rings is 1. The molecule has 1 fully saturated rings. The first-order valence-electron chi connectivity index (χ1n) is 5.74. The minimum absolute atomic E-state index is 0. The number of nitrogens with zero attached hydrogens (tertiary/aromatic N) is 1. The fraction of sp³-hybridized carbons (Fsp3) is 0.500. The molecule has 108 valence electrons. The fourth-order valence-electron chi connectivity index (χ4n) is 2.16. The van der Waals surface area contributed by atoms with E-state index in [0.29, 0.717) is 19.6 Å². The van der Waals surface area contributed by atoms with E-state index in [0.717, 1.165) is 6.07 Å². The zero-order valence-electron chi connectivity index (χ0n) is 10.3. The Hall–Kier alpha value is -1.01. The van der Waals surface area contributed by atoms with Crippen LogP contribution in [0.5, 0.6) is 0 Å². The van der Waals surface area contributed by atoms with Crippen molar-refractivity contribution in [2.45, 2.75) is 19.1 Å². The van der Waals surface area contributed by atoms with Gasteiger partial charge in [0.15, 0.2) is 5.82 Å². The van der Waals surface area contributed by atoms with Crippen LogP contribution >= 0.6 is 12.4 Å². The average Bonchev–Trinajstić information content (AvgIpc) is 2.29. The molecule has 1 aromatic rings. The van der Waals surface area contributed by atoms with Crippen molar-refractivity contribution in [3.63, 3.8) is 0 Å². The summed E-state index contributed by atoms with van der Waals surface area (Å²) < 4.78 is 51.8. The third-order valence-corrected chi connectivity index (χ3v) is 3.09. The van der Waals surface area contributed by atoms with Gasteiger partial charge in [0.2, 0.25) is 0 Å². The van der Waals surface area contributed by atoms with E-state index >= 15 is 0 Å². The number of benzene rings is 1. The van der Waals surface area contributed by atoms with Gasteiger partial charge in [-0.05, 0) is 19.1 Å². The summed E-state index contributed by atoms with van der Waals surface area (Å²) in [4.78, 5) is 1.67. The molecule has 0 amide bonds. The largest absolute Gasteiger partial charge is 0.419 e. The lowest BCUT2D eigenvalue weighted by Crippen LogP contribution is -2.50. The molecule has 19 heavy (non-hydrogen) atoms. The number of hydrogen-bond donors (Lipinski definition) is 1. The number of rotatable bonds is 1. The van der Waals surface area contributed by atoms with Gasteiger partial charge in [0, 0.05) is 25.7 Å². The van der Waals surface area contributed by atoms with Crippen molar-refractivity contribution in [3.8, 4) is 0 Å². The maximum absolute atomic E-state index is 13.9. The summed E-state index contributed by atoms with van der Waals surface area (Å²) in [5, 5.41) is 3.11. The Labute approximate surface area is 115 Å². The molecule has 0 saturated carbocycles. The van der Waals surface area contributed by atoms with Gasteiger partial charge in [0.25, 0.3) is 0 Å². The van der Waals surface area contributed by atoms with E-state index in [1.807, 2.05) is 6.92 Å². The van der Waals surface area contributed by atoms with Crippen LogP contribution in [0.1, 0.15) is 12.5 Å². The van der Waals surface area contributed by atoms with Crippen LogP contribution in [-0.2, 0) is 6.18 Å². The molecule has 0 spiro atoms. The normalized spacial score (nSPS) is 20.1. The maximum Gasteiger partial charge on any atom is 0.419 e. The van der Waals surface area contributed by atoms with Gasteiger partial charge in [0.1, 0.15) is 0 Å². The summed E-state index contributed by atoms with van der Waals surface area (Å²) in [6.45, 7) is 3.63. The van der Waals surface area contributed by atoms with E-state index in [-0.39, 0.29) is 24.1 Å². The Morgan fingerprint density at radius 3 is 2.58 bits per heavy atom. The van der Waals surface area contributed by atoms with Crippen LogP contribution in [0.4, 0.5) is 23.2 Å². The number of hydrogen-bond acceptors (Lipinski definition) is 2. The summed E-state index contributed by atoms with van der Waals surface area (Å²) in [5.74, 6) is -1.18. The maximum atomic E-state index is 13.9. The summed E-state index contributed by atoms with van der Waals surface area (Å²) in [6, 6.07) is 3.38. The first-order chi connectivity index (χ1) is 8.41. The van der Waals surface area contributed by atoms with Crippen LogP contribution < -0.4 is 10.2 Å². The van der Waals surface area contributed by atoms with Gasteiger partial charge in [-0.15, -0.1) is 12.4 Å². The summed E-state index contributed by atoms with van der Waals surface area (Å²) in [5.41, 5.74) is -1.18. The summed E-state index contributed by atoms with van der Waals surface area (Å²) in [7, 11) is 0. The highest BCUT2D eigenvalue weighted by molar-refractivity contribution is 5.85. The topological polar surface area (TPSA) is 15.3 Å². The second-order valence-electron chi connectivity index (χ2n) is 4.38. The molecule has 0 unspecified atom stereocenters. The molecular weight excluding hydrogens is 284 g/mol. The highest BCUT2D eigenvalue weighted by Gasteiger charge is 2.36. The molecule has 0 aromatic heterocycles. The molecule has 1 heterocycles. The van der Waals surface area contributed by atoms with Crippen LogP contribution in [0.2, 0.25) is 0 Å². The van der Waals surface area contributed by atoms with Crippen LogP contribution in [0.3, 0.4) is 0 Å². The van der Waals surface area contributed by atoms with Crippen molar-refractivity contribution >= 4 is 18.1 Å². The van der Waals surface area contributed by atoms with E-state index < -0.39 is 17.6 Å². The second kappa shape index (κ2) is 5.96. The quantitative estimate of drug-likeness (QED) is 0.802. The number of anilines is 1. The van der Waals surface area contributed by atoms with Crippen molar-refractivity contribution in [2.75, 3.05) is 24.5 Å². The molecule has 1 atom stereocenters. The van der Waals surface area contributed by atoms with Crippen molar-refractivity contribution in [1.82, 2.24) is 5.32 Å². The van der Waals surface area contributed by atoms with Gasteiger partial charge >= 0.3 is 6.18 Å². The van der Waals surface area contributed by atoms with Crippen molar-refractivity contribution in [1.29, 1.82) is 0 Å². The Morgan fingerprint density at radius 2 is 2.00 bits per heavy atom. The highest BCUT2D eigenvalue weighted by Crippen LogP contribution is 2.35. The van der Waals surface area contributed by atoms with Crippen LogP contribution in [-0.4, -0.2) is 25.7 Å². The Morgan fingerprint density at radius 1 is 1.32 bits per heavy atom. The first-order valence-corrected chi connectivity index (χ1v) is 5.74. The Bertz CT molecular complexity index is 436. The molecule has 0 bridgehead atoms.